The van der Waals surface area contributed by atoms with Crippen molar-refractivity contribution in [1.82, 2.24) is 20.0 Å². The van der Waals surface area contributed by atoms with Gasteiger partial charge in [0, 0.05) is 13.1 Å². The van der Waals surface area contributed by atoms with Gasteiger partial charge in [-0.3, -0.25) is 4.79 Å². The van der Waals surface area contributed by atoms with Crippen molar-refractivity contribution in [2.75, 3.05) is 45.9 Å². The van der Waals surface area contributed by atoms with Gasteiger partial charge < -0.3 is 19.3 Å². The first-order valence-corrected chi connectivity index (χ1v) is 9.28. The minimum atomic E-state index is -0.364. The van der Waals surface area contributed by atoms with Gasteiger partial charge in [0.25, 0.3) is 5.91 Å². The summed E-state index contributed by atoms with van der Waals surface area (Å²) in [5, 5.41) is 7.56. The Hall–Kier alpha value is -1.57. The number of carbonyl (C=O) groups is 1. The molecule has 4 rings (SSSR count). The topological polar surface area (TPSA) is 67.8 Å². The van der Waals surface area contributed by atoms with Crippen LogP contribution in [-0.4, -0.2) is 83.5 Å². The molecular weight excluding hydrogens is 320 g/mol. The molecule has 2 atom stereocenters. The first-order valence-electron chi connectivity index (χ1n) is 9.28. The van der Waals surface area contributed by atoms with Crippen LogP contribution in [0.2, 0.25) is 0 Å². The van der Waals surface area contributed by atoms with Crippen molar-refractivity contribution in [2.45, 2.75) is 37.4 Å². The van der Waals surface area contributed by atoms with Crippen molar-refractivity contribution in [3.05, 3.63) is 24.0 Å². The van der Waals surface area contributed by atoms with Crippen molar-refractivity contribution in [2.24, 2.45) is 0 Å². The van der Waals surface area contributed by atoms with Crippen LogP contribution in [0.1, 0.15) is 36.0 Å². The molecule has 3 saturated heterocycles. The average molecular weight is 346 g/mol. The maximum Gasteiger partial charge on any atom is 0.255 e. The zero-order chi connectivity index (χ0) is 17.1. The average Bonchev–Trinajstić information content (AvgIpc) is 3.23. The van der Waals surface area contributed by atoms with E-state index in [1.807, 2.05) is 4.90 Å². The maximum absolute atomic E-state index is 12.8. The number of hydrogen-bond acceptors (Lipinski definition) is 6. The van der Waals surface area contributed by atoms with Gasteiger partial charge in [0.05, 0.1) is 43.8 Å². The van der Waals surface area contributed by atoms with Crippen molar-refractivity contribution >= 4 is 5.91 Å². The number of aromatic nitrogens is 2. The third-order valence-electron chi connectivity index (χ3n) is 5.47. The molecule has 136 valence electrons. The van der Waals surface area contributed by atoms with E-state index < -0.39 is 0 Å². The molecule has 0 N–H and O–H groups in total. The fourth-order valence-electron chi connectivity index (χ4n) is 4.18. The smallest absolute Gasteiger partial charge is 0.255 e. The summed E-state index contributed by atoms with van der Waals surface area (Å²) in [4.78, 5) is 17.1. The van der Waals surface area contributed by atoms with E-state index in [1.54, 1.807) is 12.3 Å². The first kappa shape index (κ1) is 16.9. The molecule has 0 aromatic carbocycles. The molecule has 3 fully saturated rings. The van der Waals surface area contributed by atoms with Crippen LogP contribution in [0.15, 0.2) is 18.5 Å². The summed E-state index contributed by atoms with van der Waals surface area (Å²) in [6.45, 7) is 5.66. The number of nitrogens with zero attached hydrogens (tertiary/aromatic N) is 4. The van der Waals surface area contributed by atoms with Crippen LogP contribution >= 0.6 is 0 Å². The molecule has 25 heavy (non-hydrogen) atoms. The van der Waals surface area contributed by atoms with E-state index in [9.17, 15) is 4.79 Å². The van der Waals surface area contributed by atoms with Crippen molar-refractivity contribution in [1.29, 1.82) is 0 Å². The van der Waals surface area contributed by atoms with E-state index in [2.05, 4.69) is 15.1 Å². The van der Waals surface area contributed by atoms with Gasteiger partial charge in [0.2, 0.25) is 0 Å². The third kappa shape index (κ3) is 3.83. The van der Waals surface area contributed by atoms with Gasteiger partial charge in [0.15, 0.2) is 0 Å². The Labute approximate surface area is 148 Å². The predicted molar refractivity (Wildman–Crippen MR) is 91.3 cm³/mol. The Bertz CT molecular complexity index is 593. The lowest BCUT2D eigenvalue weighted by Crippen LogP contribution is -2.47. The molecule has 1 aromatic rings. The monoisotopic (exact) mass is 346 g/mol. The summed E-state index contributed by atoms with van der Waals surface area (Å²) in [6.07, 6.45) is 7.90. The minimum absolute atomic E-state index is 0.0219. The second-order valence-corrected chi connectivity index (χ2v) is 7.38. The Morgan fingerprint density at radius 1 is 1.28 bits per heavy atom. The highest BCUT2D eigenvalue weighted by Crippen LogP contribution is 2.34. The lowest BCUT2D eigenvalue weighted by Gasteiger charge is -2.32. The van der Waals surface area contributed by atoms with Crippen LogP contribution in [0.5, 0.6) is 0 Å². The highest BCUT2D eigenvalue weighted by atomic mass is 16.6. The zero-order valence-electron chi connectivity index (χ0n) is 14.6. The Morgan fingerprint density at radius 2 is 2.16 bits per heavy atom. The normalized spacial score (nSPS) is 30.7. The summed E-state index contributed by atoms with van der Waals surface area (Å²) < 4.78 is 12.3. The second kappa shape index (κ2) is 7.35. The Balaban J connectivity index is 1.42. The van der Waals surface area contributed by atoms with Crippen LogP contribution in [0, 0.1) is 0 Å². The summed E-state index contributed by atoms with van der Waals surface area (Å²) in [5.41, 5.74) is 0.204. The van der Waals surface area contributed by atoms with E-state index >= 15 is 0 Å². The molecule has 3 aliphatic heterocycles. The van der Waals surface area contributed by atoms with E-state index in [0.717, 1.165) is 19.4 Å². The molecule has 0 aliphatic carbocycles. The Morgan fingerprint density at radius 3 is 2.96 bits per heavy atom. The largest absolute Gasteiger partial charge is 0.377 e. The van der Waals surface area contributed by atoms with Gasteiger partial charge >= 0.3 is 0 Å². The number of amides is 1. The van der Waals surface area contributed by atoms with E-state index in [0.29, 0.717) is 31.9 Å². The molecule has 1 amide bonds. The van der Waals surface area contributed by atoms with Crippen molar-refractivity contribution < 1.29 is 14.3 Å². The van der Waals surface area contributed by atoms with Crippen LogP contribution in [0.4, 0.5) is 0 Å². The van der Waals surface area contributed by atoms with Gasteiger partial charge in [-0.2, -0.15) is 10.2 Å². The number of hydrogen-bond donors (Lipinski definition) is 0. The third-order valence-corrected chi connectivity index (χ3v) is 5.47. The molecule has 1 spiro atoms. The molecular formula is C18H26N4O3. The van der Waals surface area contributed by atoms with Gasteiger partial charge in [0.1, 0.15) is 5.60 Å². The number of rotatable bonds is 3. The predicted octanol–water partition coefficient (Wildman–Crippen LogP) is 0.963. The standard InChI is InChI=1S/C18H26N4O3/c23-17(15-4-6-19-20-11-15)22-9-10-24-14-18(13-22)5-3-16(25-18)12-21-7-1-2-8-21/h4,6,11,16H,1-3,5,7-10,12-14H2/t16-,18-/m1/s1. The highest BCUT2D eigenvalue weighted by molar-refractivity contribution is 5.93. The van der Waals surface area contributed by atoms with Gasteiger partial charge in [-0.15, -0.1) is 0 Å². The van der Waals surface area contributed by atoms with Gasteiger partial charge in [-0.1, -0.05) is 0 Å². The summed E-state index contributed by atoms with van der Waals surface area (Å²) in [6, 6.07) is 1.71. The maximum atomic E-state index is 12.8. The molecule has 0 radical (unpaired) electrons. The fraction of sp³-hybridized carbons (Fsp3) is 0.722. The van der Waals surface area contributed by atoms with Crippen LogP contribution < -0.4 is 0 Å². The molecule has 4 heterocycles. The van der Waals surface area contributed by atoms with Crippen LogP contribution in [0.3, 0.4) is 0 Å². The lowest BCUT2D eigenvalue weighted by molar-refractivity contribution is -0.0890. The molecule has 7 nitrogen and oxygen atoms in total. The number of carbonyl (C=O) groups excluding carboxylic acids is 1. The quantitative estimate of drug-likeness (QED) is 0.812. The fourth-order valence-corrected chi connectivity index (χ4v) is 4.18. The van der Waals surface area contributed by atoms with Crippen LogP contribution in [-0.2, 0) is 9.47 Å². The molecule has 0 saturated carbocycles. The second-order valence-electron chi connectivity index (χ2n) is 7.38. The SMILES string of the molecule is O=C(c1ccnnc1)N1CCOC[C@@]2(CC[C@H](CN3CCCC3)O2)C1. The molecule has 3 aliphatic rings. The van der Waals surface area contributed by atoms with E-state index in [1.165, 1.54) is 32.1 Å². The van der Waals surface area contributed by atoms with Gasteiger partial charge in [-0.05, 0) is 44.8 Å². The van der Waals surface area contributed by atoms with E-state index in [4.69, 9.17) is 9.47 Å². The first-order chi connectivity index (χ1) is 12.2. The summed E-state index contributed by atoms with van der Waals surface area (Å²) in [7, 11) is 0. The van der Waals surface area contributed by atoms with Crippen molar-refractivity contribution in [3.63, 3.8) is 0 Å². The summed E-state index contributed by atoms with van der Waals surface area (Å²) >= 11 is 0. The van der Waals surface area contributed by atoms with E-state index in [-0.39, 0.29) is 17.6 Å². The lowest BCUT2D eigenvalue weighted by atomic mass is 9.99. The number of ether oxygens (including phenoxy) is 2. The van der Waals surface area contributed by atoms with Crippen LogP contribution in [0.25, 0.3) is 0 Å². The number of likely N-dealkylation sites (tertiary alicyclic amines) is 1. The van der Waals surface area contributed by atoms with Crippen molar-refractivity contribution in [3.8, 4) is 0 Å². The molecule has 0 unspecified atom stereocenters. The molecule has 7 heteroatoms. The minimum Gasteiger partial charge on any atom is -0.377 e. The zero-order valence-corrected chi connectivity index (χ0v) is 14.6. The van der Waals surface area contributed by atoms with Gasteiger partial charge in [-0.25, -0.2) is 0 Å². The molecule has 0 bridgehead atoms. The Kier molecular flexibility index (Phi) is 4.96. The highest BCUT2D eigenvalue weighted by Gasteiger charge is 2.44. The summed E-state index contributed by atoms with van der Waals surface area (Å²) in [5.74, 6) is -0.0219. The molecule has 1 aromatic heterocycles.